The summed E-state index contributed by atoms with van der Waals surface area (Å²) in [5, 5.41) is 15.0. The van der Waals surface area contributed by atoms with Gasteiger partial charge in [0.2, 0.25) is 0 Å². The van der Waals surface area contributed by atoms with Gasteiger partial charge in [-0.25, -0.2) is 4.79 Å². The van der Waals surface area contributed by atoms with E-state index < -0.39 is 16.8 Å². The normalized spacial score (nSPS) is 18.2. The highest BCUT2D eigenvalue weighted by Gasteiger charge is 2.42. The van der Waals surface area contributed by atoms with Gasteiger partial charge in [-0.2, -0.15) is 0 Å². The first-order valence-electron chi connectivity index (χ1n) is 13.3. The largest absolute Gasteiger partial charge is 0.493 e. The van der Waals surface area contributed by atoms with Crippen LogP contribution in [0.5, 0.6) is 11.5 Å². The first kappa shape index (κ1) is 28.9. The summed E-state index contributed by atoms with van der Waals surface area (Å²) in [5.41, 5.74) is 3.58. The van der Waals surface area contributed by atoms with Gasteiger partial charge in [0.1, 0.15) is 11.6 Å². The maximum absolute atomic E-state index is 13.9. The smallest absolute Gasteiger partial charge is 0.337 e. The minimum absolute atomic E-state index is 0.0329. The molecular formula is C32H29ClN2O7. The number of hydrogen-bond donors (Lipinski definition) is 1. The Bertz CT molecular complexity index is 1630. The lowest BCUT2D eigenvalue weighted by atomic mass is 9.71. The Morgan fingerprint density at radius 3 is 2.40 bits per heavy atom. The van der Waals surface area contributed by atoms with Crippen molar-refractivity contribution in [3.8, 4) is 11.5 Å². The molecule has 5 rings (SSSR count). The lowest BCUT2D eigenvalue weighted by molar-refractivity contribution is -0.384. The first-order valence-corrected chi connectivity index (χ1v) is 13.7. The summed E-state index contributed by atoms with van der Waals surface area (Å²) in [4.78, 5) is 38.7. The molecule has 1 aliphatic heterocycles. The van der Waals surface area contributed by atoms with E-state index in [9.17, 15) is 19.7 Å². The molecule has 1 N–H and O–H groups in total. The SMILES string of the molecule is COc1ccc([C@H]2CC(=O)C3=C(C2)NC(C)=C(C(=O)OCc2ccccc2)[C@@H]3c2ccc(Cl)c([N+](=O)[O-])c2)cc1OC. The standard InChI is InChI=1S/C32H29ClN2O7/c1-18-29(32(37)42-17-19-7-5-4-6-8-19)30(21-9-11-23(33)25(14-21)35(38)39)31-24(34-18)13-22(15-26(31)36)20-10-12-27(40-2)28(16-20)41-3/h4-12,14,16,22,30,34H,13,15,17H2,1-3H3/t22-,30+/m1/s1. The molecule has 10 heteroatoms. The molecule has 0 aromatic heterocycles. The maximum Gasteiger partial charge on any atom is 0.337 e. The minimum Gasteiger partial charge on any atom is -0.493 e. The van der Waals surface area contributed by atoms with Crippen LogP contribution in [0.4, 0.5) is 5.69 Å². The second-order valence-corrected chi connectivity index (χ2v) is 10.6. The lowest BCUT2D eigenvalue weighted by Crippen LogP contribution is -2.36. The number of methoxy groups -OCH3 is 2. The van der Waals surface area contributed by atoms with Crippen LogP contribution in [-0.2, 0) is 20.9 Å². The molecule has 0 unspecified atom stereocenters. The number of esters is 1. The van der Waals surface area contributed by atoms with Crippen molar-refractivity contribution < 1.29 is 28.7 Å². The van der Waals surface area contributed by atoms with E-state index in [4.69, 9.17) is 25.8 Å². The Labute approximate surface area is 247 Å². The third-order valence-electron chi connectivity index (χ3n) is 7.64. The van der Waals surface area contributed by atoms with Gasteiger partial charge in [-0.15, -0.1) is 0 Å². The van der Waals surface area contributed by atoms with Crippen LogP contribution < -0.4 is 14.8 Å². The second-order valence-electron chi connectivity index (χ2n) is 10.2. The highest BCUT2D eigenvalue weighted by atomic mass is 35.5. The zero-order valence-electron chi connectivity index (χ0n) is 23.3. The van der Waals surface area contributed by atoms with Gasteiger partial charge in [0, 0.05) is 35.4 Å². The van der Waals surface area contributed by atoms with Gasteiger partial charge in [0.25, 0.3) is 5.69 Å². The number of nitro groups is 1. The number of Topliss-reactive ketones (excluding diaryl/α,β-unsaturated/α-hetero) is 1. The van der Waals surface area contributed by atoms with E-state index in [1.807, 2.05) is 42.5 Å². The predicted octanol–water partition coefficient (Wildman–Crippen LogP) is 6.37. The van der Waals surface area contributed by atoms with E-state index in [0.717, 1.165) is 11.1 Å². The molecule has 9 nitrogen and oxygen atoms in total. The molecule has 0 saturated heterocycles. The number of nitrogens with one attached hydrogen (secondary N) is 1. The average Bonchev–Trinajstić information content (AvgIpc) is 2.99. The molecular weight excluding hydrogens is 560 g/mol. The van der Waals surface area contributed by atoms with Gasteiger partial charge < -0.3 is 19.5 Å². The summed E-state index contributed by atoms with van der Waals surface area (Å²) in [6.07, 6.45) is 0.653. The number of ether oxygens (including phenoxy) is 3. The first-order chi connectivity index (χ1) is 20.2. The summed E-state index contributed by atoms with van der Waals surface area (Å²) < 4.78 is 16.5. The Balaban J connectivity index is 1.56. The van der Waals surface area contributed by atoms with Crippen molar-refractivity contribution in [1.29, 1.82) is 0 Å². The number of carbonyl (C=O) groups is 2. The van der Waals surface area contributed by atoms with Crippen molar-refractivity contribution in [2.24, 2.45) is 0 Å². The van der Waals surface area contributed by atoms with Crippen LogP contribution in [-0.4, -0.2) is 30.9 Å². The zero-order chi connectivity index (χ0) is 30.0. The van der Waals surface area contributed by atoms with Gasteiger partial charge in [-0.05, 0) is 54.2 Å². The highest BCUT2D eigenvalue weighted by Crippen LogP contribution is 2.47. The Kier molecular flexibility index (Phi) is 8.31. The number of ketones is 1. The lowest BCUT2D eigenvalue weighted by Gasteiger charge is -2.36. The molecule has 0 radical (unpaired) electrons. The van der Waals surface area contributed by atoms with Gasteiger partial charge >= 0.3 is 5.97 Å². The van der Waals surface area contributed by atoms with E-state index in [2.05, 4.69) is 5.32 Å². The van der Waals surface area contributed by atoms with E-state index in [0.29, 0.717) is 40.5 Å². The summed E-state index contributed by atoms with van der Waals surface area (Å²) in [5.74, 6) is -0.687. The fourth-order valence-corrected chi connectivity index (χ4v) is 5.82. The summed E-state index contributed by atoms with van der Waals surface area (Å²) in [6, 6.07) is 19.2. The molecule has 42 heavy (non-hydrogen) atoms. The molecule has 216 valence electrons. The number of hydrogen-bond acceptors (Lipinski definition) is 8. The summed E-state index contributed by atoms with van der Waals surface area (Å²) >= 11 is 6.12. The molecule has 3 aromatic rings. The molecule has 2 aliphatic rings. The van der Waals surface area contributed by atoms with Crippen LogP contribution in [0.15, 0.2) is 89.3 Å². The number of benzene rings is 3. The highest BCUT2D eigenvalue weighted by molar-refractivity contribution is 6.32. The van der Waals surface area contributed by atoms with Crippen LogP contribution in [0.2, 0.25) is 5.02 Å². The van der Waals surface area contributed by atoms with Crippen molar-refractivity contribution in [1.82, 2.24) is 5.32 Å². The molecule has 2 atom stereocenters. The molecule has 0 amide bonds. The van der Waals surface area contributed by atoms with Crippen molar-refractivity contribution in [3.63, 3.8) is 0 Å². The van der Waals surface area contributed by atoms with Gasteiger partial charge in [-0.3, -0.25) is 14.9 Å². The van der Waals surface area contributed by atoms with Crippen LogP contribution in [0.25, 0.3) is 0 Å². The van der Waals surface area contributed by atoms with Crippen molar-refractivity contribution >= 4 is 29.0 Å². The molecule has 3 aromatic carbocycles. The number of carbonyl (C=O) groups excluding carboxylic acids is 2. The van der Waals surface area contributed by atoms with Gasteiger partial charge in [0.05, 0.1) is 24.7 Å². The van der Waals surface area contributed by atoms with E-state index in [1.165, 1.54) is 12.1 Å². The van der Waals surface area contributed by atoms with Crippen molar-refractivity contribution in [2.45, 2.75) is 38.2 Å². The number of nitro benzene ring substituents is 1. The number of halogens is 1. The van der Waals surface area contributed by atoms with E-state index in [1.54, 1.807) is 33.3 Å². The van der Waals surface area contributed by atoms with Crippen LogP contribution in [0.1, 0.15) is 48.3 Å². The van der Waals surface area contributed by atoms with Crippen LogP contribution >= 0.6 is 11.6 Å². The Hall–Kier alpha value is -4.63. The predicted molar refractivity (Wildman–Crippen MR) is 156 cm³/mol. The average molecular weight is 589 g/mol. The number of allylic oxidation sites excluding steroid dienone is 3. The Morgan fingerprint density at radius 2 is 1.71 bits per heavy atom. The van der Waals surface area contributed by atoms with E-state index in [-0.39, 0.29) is 41.0 Å². The topological polar surface area (TPSA) is 117 Å². The van der Waals surface area contributed by atoms with Crippen LogP contribution in [0, 0.1) is 10.1 Å². The minimum atomic E-state index is -0.876. The molecule has 0 bridgehead atoms. The summed E-state index contributed by atoms with van der Waals surface area (Å²) in [6.45, 7) is 1.77. The van der Waals surface area contributed by atoms with Crippen LogP contribution in [0.3, 0.4) is 0 Å². The molecule has 1 aliphatic carbocycles. The van der Waals surface area contributed by atoms with E-state index >= 15 is 0 Å². The zero-order valence-corrected chi connectivity index (χ0v) is 24.1. The van der Waals surface area contributed by atoms with Gasteiger partial charge in [-0.1, -0.05) is 54.1 Å². The molecule has 0 fully saturated rings. The van der Waals surface area contributed by atoms with Crippen molar-refractivity contribution in [2.75, 3.05) is 14.2 Å². The van der Waals surface area contributed by atoms with Gasteiger partial charge in [0.15, 0.2) is 17.3 Å². The maximum atomic E-state index is 13.9. The summed E-state index contributed by atoms with van der Waals surface area (Å²) in [7, 11) is 3.11. The monoisotopic (exact) mass is 588 g/mol. The number of nitrogens with zero attached hydrogens (tertiary/aromatic N) is 1. The number of dihydropyridines is 1. The fourth-order valence-electron chi connectivity index (χ4n) is 5.64. The second kappa shape index (κ2) is 12.1. The molecule has 0 saturated carbocycles. The van der Waals surface area contributed by atoms with Crippen molar-refractivity contribution in [3.05, 3.63) is 121 Å². The Morgan fingerprint density at radius 1 is 1.00 bits per heavy atom. The number of rotatable bonds is 8. The molecule has 1 heterocycles. The third-order valence-corrected chi connectivity index (χ3v) is 7.96. The quantitative estimate of drug-likeness (QED) is 0.183. The fraction of sp³-hybridized carbons (Fsp3) is 0.250. The molecule has 0 spiro atoms. The third kappa shape index (κ3) is 5.60.